The number of H-pyrrole nitrogens is 1. The maximum atomic E-state index is 13.1. The van der Waals surface area contributed by atoms with E-state index < -0.39 is 5.97 Å². The van der Waals surface area contributed by atoms with Gasteiger partial charge in [-0.05, 0) is 58.4 Å². The van der Waals surface area contributed by atoms with Gasteiger partial charge in [-0.15, -0.1) is 0 Å². The maximum Gasteiger partial charge on any atom is 0.340 e. The van der Waals surface area contributed by atoms with Crippen molar-refractivity contribution < 1.29 is 29.1 Å². The number of quaternary nitrogens is 1. The molecule has 0 spiro atoms. The lowest BCUT2D eigenvalue weighted by Gasteiger charge is -2.21. The summed E-state index contributed by atoms with van der Waals surface area (Å²) in [6.07, 6.45) is 0. The fourth-order valence-corrected chi connectivity index (χ4v) is 3.71. The lowest BCUT2D eigenvalue weighted by molar-refractivity contribution is -0.709. The third-order valence-corrected chi connectivity index (χ3v) is 5.25. The lowest BCUT2D eigenvalue weighted by Crippen LogP contribution is -2.91. The van der Waals surface area contributed by atoms with Gasteiger partial charge in [0.1, 0.15) is 25.3 Å². The molecular formula is C22H29N2O5+. The second kappa shape index (κ2) is 8.69. The zero-order valence-corrected chi connectivity index (χ0v) is 17.6. The minimum atomic E-state index is -0.404. The zero-order chi connectivity index (χ0) is 21.1. The number of hydrogen-bond donors (Lipinski definition) is 2. The summed E-state index contributed by atoms with van der Waals surface area (Å²) in [7, 11) is 0. The van der Waals surface area contributed by atoms with Crippen LogP contribution in [0.15, 0.2) is 18.2 Å². The number of benzene rings is 1. The first kappa shape index (κ1) is 20.9. The standard InChI is InChI=1S/C22H28N2O5/c1-6-27-22(26)19-12(2)20(24-14(19)4)21(25)15(5)23-13(3)16-7-8-17-18(11-16)29-10-9-28-17/h7-8,11,13,15,23-24H,6,9-10H2,1-5H3/p+1/t13-,15-/m1/s1. The Kier molecular flexibility index (Phi) is 6.27. The number of nitrogens with one attached hydrogen (secondary N) is 1. The van der Waals surface area contributed by atoms with Gasteiger partial charge in [0.25, 0.3) is 0 Å². The Balaban J connectivity index is 1.74. The molecule has 0 saturated carbocycles. The van der Waals surface area contributed by atoms with E-state index in [9.17, 15) is 9.59 Å². The van der Waals surface area contributed by atoms with Crippen LogP contribution in [0.3, 0.4) is 0 Å². The molecule has 3 rings (SSSR count). The van der Waals surface area contributed by atoms with E-state index in [1.165, 1.54) is 0 Å². The summed E-state index contributed by atoms with van der Waals surface area (Å²) in [4.78, 5) is 28.3. The molecule has 0 aliphatic carbocycles. The van der Waals surface area contributed by atoms with Gasteiger partial charge in [-0.3, -0.25) is 4.79 Å². The van der Waals surface area contributed by atoms with Crippen molar-refractivity contribution in [1.82, 2.24) is 4.98 Å². The number of ether oxygens (including phenoxy) is 3. The van der Waals surface area contributed by atoms with Crippen LogP contribution in [0.1, 0.15) is 64.5 Å². The molecule has 1 aliphatic heterocycles. The molecule has 0 saturated heterocycles. The van der Waals surface area contributed by atoms with Crippen LogP contribution in [0.2, 0.25) is 0 Å². The summed E-state index contributed by atoms with van der Waals surface area (Å²) in [6, 6.07) is 5.59. The molecule has 29 heavy (non-hydrogen) atoms. The molecule has 0 amide bonds. The topological polar surface area (TPSA) is 94.2 Å². The Labute approximate surface area is 170 Å². The number of fused-ring (bicyclic) bond motifs is 1. The van der Waals surface area contributed by atoms with Gasteiger partial charge < -0.3 is 24.5 Å². The predicted octanol–water partition coefficient (Wildman–Crippen LogP) is 2.48. The van der Waals surface area contributed by atoms with Crippen LogP contribution >= 0.6 is 0 Å². The Morgan fingerprint density at radius 2 is 1.86 bits per heavy atom. The van der Waals surface area contributed by atoms with Gasteiger partial charge in [0.2, 0.25) is 5.78 Å². The first-order chi connectivity index (χ1) is 13.8. The molecule has 156 valence electrons. The molecule has 2 aromatic rings. The number of ketones is 1. The number of aromatic nitrogens is 1. The van der Waals surface area contributed by atoms with E-state index in [-0.39, 0.29) is 17.9 Å². The summed E-state index contributed by atoms with van der Waals surface area (Å²) in [6.45, 7) is 10.6. The Morgan fingerprint density at radius 1 is 1.17 bits per heavy atom. The highest BCUT2D eigenvalue weighted by molar-refractivity contribution is 6.03. The first-order valence-corrected chi connectivity index (χ1v) is 9.98. The number of hydrogen-bond acceptors (Lipinski definition) is 5. The van der Waals surface area contributed by atoms with Crippen molar-refractivity contribution in [2.75, 3.05) is 19.8 Å². The van der Waals surface area contributed by atoms with Crippen molar-refractivity contribution >= 4 is 11.8 Å². The smallest absolute Gasteiger partial charge is 0.340 e. The van der Waals surface area contributed by atoms with Crippen LogP contribution in [0.25, 0.3) is 0 Å². The van der Waals surface area contributed by atoms with E-state index in [4.69, 9.17) is 14.2 Å². The number of aryl methyl sites for hydroxylation is 1. The molecule has 2 heterocycles. The number of rotatable bonds is 7. The molecule has 3 N–H and O–H groups in total. The summed E-state index contributed by atoms with van der Waals surface area (Å²) in [5.74, 6) is 1.04. The highest BCUT2D eigenvalue weighted by Crippen LogP contribution is 2.32. The van der Waals surface area contributed by atoms with Crippen molar-refractivity contribution in [2.24, 2.45) is 0 Å². The third-order valence-electron chi connectivity index (χ3n) is 5.25. The summed E-state index contributed by atoms with van der Waals surface area (Å²) < 4.78 is 16.3. The third kappa shape index (κ3) is 4.29. The molecule has 0 unspecified atom stereocenters. The summed E-state index contributed by atoms with van der Waals surface area (Å²) >= 11 is 0. The monoisotopic (exact) mass is 401 g/mol. The van der Waals surface area contributed by atoms with E-state index in [2.05, 4.69) is 4.98 Å². The number of carbonyl (C=O) groups excluding carboxylic acids is 2. The van der Waals surface area contributed by atoms with Crippen LogP contribution in [0.4, 0.5) is 0 Å². The number of aromatic amines is 1. The largest absolute Gasteiger partial charge is 0.486 e. The SMILES string of the molecule is CCOC(=O)c1c(C)[nH]c(C(=O)[C@@H](C)[NH2+][C@H](C)c2ccc3c(c2)OCCO3)c1C. The quantitative estimate of drug-likeness (QED) is 0.549. The molecule has 1 aromatic heterocycles. The van der Waals surface area contributed by atoms with Crippen molar-refractivity contribution in [1.29, 1.82) is 0 Å². The van der Waals surface area contributed by atoms with Gasteiger partial charge >= 0.3 is 5.97 Å². The number of carbonyl (C=O) groups is 2. The van der Waals surface area contributed by atoms with Crippen molar-refractivity contribution in [2.45, 2.75) is 46.7 Å². The highest BCUT2D eigenvalue weighted by Gasteiger charge is 2.28. The molecular weight excluding hydrogens is 372 g/mol. The van der Waals surface area contributed by atoms with Crippen molar-refractivity contribution in [3.63, 3.8) is 0 Å². The van der Waals surface area contributed by atoms with Gasteiger partial charge in [0, 0.05) is 11.3 Å². The summed E-state index contributed by atoms with van der Waals surface area (Å²) in [5, 5.41) is 2.01. The van der Waals surface area contributed by atoms with Crippen LogP contribution in [0, 0.1) is 13.8 Å². The Bertz CT molecular complexity index is 918. The first-order valence-electron chi connectivity index (χ1n) is 9.98. The van der Waals surface area contributed by atoms with Gasteiger partial charge in [-0.2, -0.15) is 0 Å². The Morgan fingerprint density at radius 3 is 2.55 bits per heavy atom. The lowest BCUT2D eigenvalue weighted by atomic mass is 10.0. The molecule has 0 bridgehead atoms. The predicted molar refractivity (Wildman–Crippen MR) is 108 cm³/mol. The molecule has 1 aliphatic rings. The van der Waals surface area contributed by atoms with Crippen LogP contribution in [-0.4, -0.2) is 42.6 Å². The fraction of sp³-hybridized carbons (Fsp3) is 0.455. The van der Waals surface area contributed by atoms with Gasteiger partial charge in [0.15, 0.2) is 11.5 Å². The highest BCUT2D eigenvalue weighted by atomic mass is 16.6. The van der Waals surface area contributed by atoms with E-state index in [0.717, 1.165) is 17.1 Å². The molecule has 1 aromatic carbocycles. The average Bonchev–Trinajstić information content (AvgIpc) is 3.01. The molecule has 2 atom stereocenters. The van der Waals surface area contributed by atoms with E-state index >= 15 is 0 Å². The minimum Gasteiger partial charge on any atom is -0.486 e. The van der Waals surface area contributed by atoms with Gasteiger partial charge in [0.05, 0.1) is 17.9 Å². The Hall–Kier alpha value is -2.80. The molecule has 0 fully saturated rings. The maximum absolute atomic E-state index is 13.1. The van der Waals surface area contributed by atoms with Crippen LogP contribution < -0.4 is 14.8 Å². The van der Waals surface area contributed by atoms with E-state index in [1.54, 1.807) is 20.8 Å². The average molecular weight is 401 g/mol. The zero-order valence-electron chi connectivity index (χ0n) is 17.6. The number of Topliss-reactive ketones (excluding diaryl/α,β-unsaturated/α-hetero) is 1. The van der Waals surface area contributed by atoms with E-state index in [0.29, 0.717) is 42.3 Å². The van der Waals surface area contributed by atoms with Gasteiger partial charge in [-0.1, -0.05) is 0 Å². The fourth-order valence-electron chi connectivity index (χ4n) is 3.71. The van der Waals surface area contributed by atoms with Crippen LogP contribution in [-0.2, 0) is 4.74 Å². The molecule has 0 radical (unpaired) electrons. The number of nitrogens with two attached hydrogens (primary N) is 1. The van der Waals surface area contributed by atoms with Crippen molar-refractivity contribution in [3.05, 3.63) is 46.3 Å². The van der Waals surface area contributed by atoms with Crippen LogP contribution in [0.5, 0.6) is 11.5 Å². The normalized spacial score (nSPS) is 14.9. The molecule has 7 nitrogen and oxygen atoms in total. The van der Waals surface area contributed by atoms with E-state index in [1.807, 2.05) is 37.4 Å². The molecule has 7 heteroatoms. The minimum absolute atomic E-state index is 0.0469. The van der Waals surface area contributed by atoms with Crippen molar-refractivity contribution in [3.8, 4) is 11.5 Å². The second-order valence-electron chi connectivity index (χ2n) is 7.38. The summed E-state index contributed by atoms with van der Waals surface area (Å²) in [5.41, 5.74) is 3.25. The second-order valence-corrected chi connectivity index (χ2v) is 7.38. The number of esters is 1. The van der Waals surface area contributed by atoms with Gasteiger partial charge in [-0.25, -0.2) is 4.79 Å².